The van der Waals surface area contributed by atoms with Crippen LogP contribution in [0.4, 0.5) is 15.3 Å². The van der Waals surface area contributed by atoms with E-state index in [1.54, 1.807) is 4.90 Å². The first-order valence-electron chi connectivity index (χ1n) is 8.50. The standard InChI is InChI=1S/C18H29BrN4O3/c1-18(2,3)26-17(25)20-10-11-23(13-12-22(4)5)16(24)21-15-8-6-14(19)7-9-15/h6-9H,10-13H2,1-5H3,(H,20,25)(H,21,24). The Morgan fingerprint density at radius 1 is 1.08 bits per heavy atom. The minimum absolute atomic E-state index is 0.208. The average molecular weight is 429 g/mol. The van der Waals surface area contributed by atoms with Gasteiger partial charge in [0.2, 0.25) is 0 Å². The summed E-state index contributed by atoms with van der Waals surface area (Å²) < 4.78 is 6.15. The molecule has 0 saturated heterocycles. The number of hydrogen-bond donors (Lipinski definition) is 2. The first-order chi connectivity index (χ1) is 12.1. The number of rotatable bonds is 7. The summed E-state index contributed by atoms with van der Waals surface area (Å²) in [5.41, 5.74) is 0.168. The second-order valence-corrected chi connectivity index (χ2v) is 8.07. The maximum Gasteiger partial charge on any atom is 0.407 e. The monoisotopic (exact) mass is 428 g/mol. The van der Waals surface area contributed by atoms with Crippen molar-refractivity contribution in [1.82, 2.24) is 15.1 Å². The number of halogens is 1. The van der Waals surface area contributed by atoms with Gasteiger partial charge in [-0.2, -0.15) is 0 Å². The third-order valence-electron chi connectivity index (χ3n) is 3.25. The van der Waals surface area contributed by atoms with Crippen molar-refractivity contribution in [3.63, 3.8) is 0 Å². The van der Waals surface area contributed by atoms with Crippen molar-refractivity contribution < 1.29 is 14.3 Å². The number of alkyl carbamates (subject to hydrolysis) is 1. The Bertz CT molecular complexity index is 585. The van der Waals surface area contributed by atoms with Crippen molar-refractivity contribution in [1.29, 1.82) is 0 Å². The molecular formula is C18H29BrN4O3. The normalized spacial score (nSPS) is 11.2. The lowest BCUT2D eigenvalue weighted by Gasteiger charge is -2.25. The fourth-order valence-electron chi connectivity index (χ4n) is 1.98. The summed E-state index contributed by atoms with van der Waals surface area (Å²) in [7, 11) is 3.90. The summed E-state index contributed by atoms with van der Waals surface area (Å²) in [6.07, 6.45) is -0.488. The molecule has 0 atom stereocenters. The van der Waals surface area contributed by atoms with Crippen molar-refractivity contribution in [2.24, 2.45) is 0 Å². The summed E-state index contributed by atoms with van der Waals surface area (Å²) >= 11 is 3.37. The van der Waals surface area contributed by atoms with Gasteiger partial charge in [0.25, 0.3) is 0 Å². The highest BCUT2D eigenvalue weighted by molar-refractivity contribution is 9.10. The summed E-state index contributed by atoms with van der Waals surface area (Å²) in [4.78, 5) is 28.0. The van der Waals surface area contributed by atoms with Crippen LogP contribution < -0.4 is 10.6 Å². The molecule has 0 heterocycles. The molecule has 0 aliphatic carbocycles. The fraction of sp³-hybridized carbons (Fsp3) is 0.556. The first kappa shape index (κ1) is 22.2. The zero-order valence-corrected chi connectivity index (χ0v) is 17.7. The van der Waals surface area contributed by atoms with Crippen molar-refractivity contribution in [2.45, 2.75) is 26.4 Å². The predicted molar refractivity (Wildman–Crippen MR) is 108 cm³/mol. The Kier molecular flexibility index (Phi) is 8.87. The van der Waals surface area contributed by atoms with E-state index >= 15 is 0 Å². The third-order valence-corrected chi connectivity index (χ3v) is 3.78. The molecule has 1 aromatic carbocycles. The Labute approximate surface area is 164 Å². The minimum atomic E-state index is -0.548. The van der Waals surface area contributed by atoms with E-state index < -0.39 is 11.7 Å². The quantitative estimate of drug-likeness (QED) is 0.697. The van der Waals surface area contributed by atoms with E-state index in [-0.39, 0.29) is 6.03 Å². The number of hydrogen-bond acceptors (Lipinski definition) is 4. The van der Waals surface area contributed by atoms with Gasteiger partial charge in [-0.3, -0.25) is 0 Å². The van der Waals surface area contributed by atoms with Gasteiger partial charge in [-0.1, -0.05) is 15.9 Å². The van der Waals surface area contributed by atoms with Crippen LogP contribution in [0.15, 0.2) is 28.7 Å². The number of nitrogens with zero attached hydrogens (tertiary/aromatic N) is 2. The van der Waals surface area contributed by atoms with Crippen LogP contribution in [0.25, 0.3) is 0 Å². The molecule has 0 spiro atoms. The second kappa shape index (κ2) is 10.4. The van der Waals surface area contributed by atoms with E-state index in [0.717, 1.165) is 11.0 Å². The molecule has 0 saturated carbocycles. The third kappa shape index (κ3) is 9.62. The van der Waals surface area contributed by atoms with E-state index in [1.807, 2.05) is 64.0 Å². The zero-order chi connectivity index (χ0) is 19.7. The largest absolute Gasteiger partial charge is 0.444 e. The van der Waals surface area contributed by atoms with E-state index in [4.69, 9.17) is 4.74 Å². The van der Waals surface area contributed by atoms with Gasteiger partial charge in [-0.15, -0.1) is 0 Å². The Morgan fingerprint density at radius 3 is 2.23 bits per heavy atom. The highest BCUT2D eigenvalue weighted by Gasteiger charge is 2.17. The lowest BCUT2D eigenvalue weighted by molar-refractivity contribution is 0.0523. The van der Waals surface area contributed by atoms with Crippen LogP contribution in [0, 0.1) is 0 Å². The lowest BCUT2D eigenvalue weighted by Crippen LogP contribution is -2.44. The smallest absolute Gasteiger partial charge is 0.407 e. The number of carbonyl (C=O) groups excluding carboxylic acids is 2. The van der Waals surface area contributed by atoms with Gasteiger partial charge >= 0.3 is 12.1 Å². The molecule has 1 rings (SSSR count). The molecule has 7 nitrogen and oxygen atoms in total. The zero-order valence-electron chi connectivity index (χ0n) is 16.1. The molecule has 146 valence electrons. The Hall–Kier alpha value is -1.80. The van der Waals surface area contributed by atoms with Gasteiger partial charge in [-0.25, -0.2) is 9.59 Å². The van der Waals surface area contributed by atoms with E-state index in [1.165, 1.54) is 0 Å². The minimum Gasteiger partial charge on any atom is -0.444 e. The van der Waals surface area contributed by atoms with E-state index in [9.17, 15) is 9.59 Å². The summed E-state index contributed by atoms with van der Waals surface area (Å²) in [6.45, 7) is 7.39. The van der Waals surface area contributed by atoms with Crippen molar-refractivity contribution in [3.8, 4) is 0 Å². The van der Waals surface area contributed by atoms with Gasteiger partial charge in [-0.05, 0) is 59.1 Å². The van der Waals surface area contributed by atoms with Gasteiger partial charge in [0.05, 0.1) is 0 Å². The molecule has 0 fully saturated rings. The molecule has 8 heteroatoms. The highest BCUT2D eigenvalue weighted by atomic mass is 79.9. The molecular weight excluding hydrogens is 400 g/mol. The molecule has 0 radical (unpaired) electrons. The van der Waals surface area contributed by atoms with Gasteiger partial charge < -0.3 is 25.2 Å². The molecule has 26 heavy (non-hydrogen) atoms. The summed E-state index contributed by atoms with van der Waals surface area (Å²) in [5.74, 6) is 0. The SMILES string of the molecule is CN(C)CCN(CCNC(=O)OC(C)(C)C)C(=O)Nc1ccc(Br)cc1. The molecule has 0 aliphatic rings. The number of anilines is 1. The van der Waals surface area contributed by atoms with Crippen LogP contribution in [0.1, 0.15) is 20.8 Å². The number of benzene rings is 1. The van der Waals surface area contributed by atoms with Gasteiger partial charge in [0.15, 0.2) is 0 Å². The van der Waals surface area contributed by atoms with Crippen LogP contribution in [0.3, 0.4) is 0 Å². The maximum absolute atomic E-state index is 12.6. The van der Waals surface area contributed by atoms with Crippen LogP contribution in [0.2, 0.25) is 0 Å². The molecule has 0 aliphatic heterocycles. The van der Waals surface area contributed by atoms with E-state index in [0.29, 0.717) is 25.3 Å². The van der Waals surface area contributed by atoms with Crippen LogP contribution in [-0.4, -0.2) is 67.8 Å². The molecule has 2 N–H and O–H groups in total. The Morgan fingerprint density at radius 2 is 1.69 bits per heavy atom. The molecule has 0 unspecified atom stereocenters. The average Bonchev–Trinajstić information content (AvgIpc) is 2.50. The van der Waals surface area contributed by atoms with E-state index in [2.05, 4.69) is 26.6 Å². The second-order valence-electron chi connectivity index (χ2n) is 7.16. The topological polar surface area (TPSA) is 73.9 Å². The Balaban J connectivity index is 2.58. The number of urea groups is 1. The van der Waals surface area contributed by atoms with Crippen molar-refractivity contribution in [2.75, 3.05) is 45.6 Å². The van der Waals surface area contributed by atoms with Crippen LogP contribution in [-0.2, 0) is 4.74 Å². The lowest BCUT2D eigenvalue weighted by atomic mass is 10.2. The molecule has 3 amide bonds. The fourth-order valence-corrected chi connectivity index (χ4v) is 2.24. The van der Waals surface area contributed by atoms with Crippen LogP contribution >= 0.6 is 15.9 Å². The number of carbonyl (C=O) groups is 2. The number of amides is 3. The summed E-state index contributed by atoms with van der Waals surface area (Å²) in [5, 5.41) is 5.55. The number of nitrogens with one attached hydrogen (secondary N) is 2. The highest BCUT2D eigenvalue weighted by Crippen LogP contribution is 2.14. The van der Waals surface area contributed by atoms with Gasteiger partial charge in [0, 0.05) is 36.3 Å². The van der Waals surface area contributed by atoms with Crippen molar-refractivity contribution >= 4 is 33.7 Å². The molecule has 0 aromatic heterocycles. The maximum atomic E-state index is 12.6. The predicted octanol–water partition coefficient (Wildman–Crippen LogP) is 3.37. The first-order valence-corrected chi connectivity index (χ1v) is 9.29. The van der Waals surface area contributed by atoms with Crippen LogP contribution in [0.5, 0.6) is 0 Å². The molecule has 1 aromatic rings. The van der Waals surface area contributed by atoms with Gasteiger partial charge in [0.1, 0.15) is 5.60 Å². The number of ether oxygens (including phenoxy) is 1. The molecule has 0 bridgehead atoms. The summed E-state index contributed by atoms with van der Waals surface area (Å²) in [6, 6.07) is 7.17. The van der Waals surface area contributed by atoms with Crippen molar-refractivity contribution in [3.05, 3.63) is 28.7 Å². The number of likely N-dealkylation sites (N-methyl/N-ethyl adjacent to an activating group) is 1.